The molecule has 0 aliphatic carbocycles. The van der Waals surface area contributed by atoms with Gasteiger partial charge in [-0.2, -0.15) is 5.10 Å². The lowest BCUT2D eigenvalue weighted by molar-refractivity contribution is 0.0762. The van der Waals surface area contributed by atoms with Gasteiger partial charge in [0.2, 0.25) is 0 Å². The maximum Gasteiger partial charge on any atom is 0.254 e. The van der Waals surface area contributed by atoms with E-state index in [-0.39, 0.29) is 11.7 Å². The monoisotopic (exact) mass is 347 g/mol. The van der Waals surface area contributed by atoms with Crippen LogP contribution in [0.1, 0.15) is 21.6 Å². The Labute approximate surface area is 152 Å². The predicted octanol–water partition coefficient (Wildman–Crippen LogP) is 3.03. The highest BCUT2D eigenvalue weighted by atomic mass is 16.3. The van der Waals surface area contributed by atoms with E-state index >= 15 is 0 Å². The van der Waals surface area contributed by atoms with E-state index in [1.54, 1.807) is 18.2 Å². The molecule has 3 aromatic rings. The molecule has 0 saturated heterocycles. The fourth-order valence-corrected chi connectivity index (χ4v) is 3.63. The third-order valence-electron chi connectivity index (χ3n) is 4.95. The summed E-state index contributed by atoms with van der Waals surface area (Å²) in [7, 11) is 1.97. The predicted molar refractivity (Wildman–Crippen MR) is 100 cm³/mol. The number of aromatic hydroxyl groups is 1. The van der Waals surface area contributed by atoms with Crippen molar-refractivity contribution in [2.45, 2.75) is 12.8 Å². The zero-order chi connectivity index (χ0) is 18.1. The standard InChI is InChI=1S/C21H21N3O2/c1-23-19-11-13-24(21(26)16-8-5-9-17(25)14-16)12-10-18(19)20(22-23)15-6-3-2-4-7-15/h2-9,14,25H,10-13H2,1H3. The molecule has 1 amide bonds. The van der Waals surface area contributed by atoms with Crippen LogP contribution in [-0.4, -0.2) is 38.8 Å². The maximum absolute atomic E-state index is 12.8. The van der Waals surface area contributed by atoms with Crippen LogP contribution in [0.15, 0.2) is 54.6 Å². The summed E-state index contributed by atoms with van der Waals surface area (Å²) in [6, 6.07) is 16.7. The Hall–Kier alpha value is -3.08. The van der Waals surface area contributed by atoms with Gasteiger partial charge in [0, 0.05) is 48.9 Å². The Morgan fingerprint density at radius 2 is 1.81 bits per heavy atom. The Kier molecular flexibility index (Phi) is 4.21. The topological polar surface area (TPSA) is 58.4 Å². The zero-order valence-electron chi connectivity index (χ0n) is 14.7. The first-order valence-corrected chi connectivity index (χ1v) is 8.82. The highest BCUT2D eigenvalue weighted by Crippen LogP contribution is 2.28. The number of phenols is 1. The number of amides is 1. The molecule has 26 heavy (non-hydrogen) atoms. The molecule has 0 saturated carbocycles. The number of aryl methyl sites for hydroxylation is 1. The lowest BCUT2D eigenvalue weighted by Crippen LogP contribution is -2.33. The van der Waals surface area contributed by atoms with Crippen LogP contribution in [0.5, 0.6) is 5.75 Å². The molecule has 2 heterocycles. The summed E-state index contributed by atoms with van der Waals surface area (Å²) in [6.45, 7) is 1.29. The van der Waals surface area contributed by atoms with Crippen LogP contribution in [0.3, 0.4) is 0 Å². The van der Waals surface area contributed by atoms with Crippen LogP contribution >= 0.6 is 0 Å². The molecule has 5 heteroatoms. The first kappa shape index (κ1) is 16.4. The van der Waals surface area contributed by atoms with Crippen LogP contribution in [0.2, 0.25) is 0 Å². The molecule has 0 bridgehead atoms. The highest BCUT2D eigenvalue weighted by Gasteiger charge is 2.25. The third-order valence-corrected chi connectivity index (χ3v) is 4.95. The van der Waals surface area contributed by atoms with Gasteiger partial charge in [0.25, 0.3) is 5.91 Å². The fourth-order valence-electron chi connectivity index (χ4n) is 3.63. The van der Waals surface area contributed by atoms with E-state index in [2.05, 4.69) is 12.1 Å². The number of phenolic OH excluding ortho intramolecular Hbond substituents is 1. The molecule has 1 aliphatic rings. The van der Waals surface area contributed by atoms with Crippen LogP contribution in [-0.2, 0) is 19.9 Å². The molecule has 0 spiro atoms. The minimum Gasteiger partial charge on any atom is -0.508 e. The van der Waals surface area contributed by atoms with Gasteiger partial charge in [0.05, 0.1) is 5.69 Å². The van der Waals surface area contributed by atoms with E-state index < -0.39 is 0 Å². The molecule has 1 aliphatic heterocycles. The summed E-state index contributed by atoms with van der Waals surface area (Å²) in [5, 5.41) is 14.4. The zero-order valence-corrected chi connectivity index (χ0v) is 14.7. The summed E-state index contributed by atoms with van der Waals surface area (Å²) in [5.74, 6) is 0.0763. The van der Waals surface area contributed by atoms with Gasteiger partial charge in [0.15, 0.2) is 0 Å². The van der Waals surface area contributed by atoms with Gasteiger partial charge in [-0.3, -0.25) is 9.48 Å². The number of carbonyl (C=O) groups is 1. The van der Waals surface area contributed by atoms with Gasteiger partial charge in [-0.25, -0.2) is 0 Å². The third kappa shape index (κ3) is 2.96. The number of rotatable bonds is 2. The van der Waals surface area contributed by atoms with Crippen molar-refractivity contribution in [3.63, 3.8) is 0 Å². The molecule has 5 nitrogen and oxygen atoms in total. The van der Waals surface area contributed by atoms with Gasteiger partial charge in [-0.05, 0) is 24.6 Å². The second-order valence-corrected chi connectivity index (χ2v) is 6.61. The normalized spacial score (nSPS) is 14.0. The first-order valence-electron chi connectivity index (χ1n) is 8.82. The molecule has 132 valence electrons. The van der Waals surface area contributed by atoms with Gasteiger partial charge in [0.1, 0.15) is 5.75 Å². The molecule has 1 N–H and O–H groups in total. The molecule has 0 radical (unpaired) electrons. The van der Waals surface area contributed by atoms with Crippen molar-refractivity contribution < 1.29 is 9.90 Å². The average molecular weight is 347 g/mol. The summed E-state index contributed by atoms with van der Waals surface area (Å²) >= 11 is 0. The number of aromatic nitrogens is 2. The second kappa shape index (κ2) is 6.67. The van der Waals surface area contributed by atoms with Crippen LogP contribution in [0.25, 0.3) is 11.3 Å². The smallest absolute Gasteiger partial charge is 0.254 e. The van der Waals surface area contributed by atoms with Crippen LogP contribution in [0, 0.1) is 0 Å². The molecule has 0 atom stereocenters. The minimum absolute atomic E-state index is 0.0390. The van der Waals surface area contributed by atoms with Crippen LogP contribution in [0.4, 0.5) is 0 Å². The van der Waals surface area contributed by atoms with E-state index in [9.17, 15) is 9.90 Å². The van der Waals surface area contributed by atoms with Crippen molar-refractivity contribution in [3.8, 4) is 17.0 Å². The van der Waals surface area contributed by atoms with E-state index in [0.717, 1.165) is 24.1 Å². The minimum atomic E-state index is -0.0390. The Morgan fingerprint density at radius 3 is 2.58 bits per heavy atom. The summed E-state index contributed by atoms with van der Waals surface area (Å²) in [6.07, 6.45) is 1.55. The molecule has 2 aromatic carbocycles. The summed E-state index contributed by atoms with van der Waals surface area (Å²) in [4.78, 5) is 14.7. The second-order valence-electron chi connectivity index (χ2n) is 6.61. The van der Waals surface area contributed by atoms with Gasteiger partial charge < -0.3 is 10.0 Å². The van der Waals surface area contributed by atoms with E-state index in [1.807, 2.05) is 34.8 Å². The van der Waals surface area contributed by atoms with Gasteiger partial charge in [-0.1, -0.05) is 36.4 Å². The van der Waals surface area contributed by atoms with E-state index in [1.165, 1.54) is 17.3 Å². The molecule has 0 fully saturated rings. The highest BCUT2D eigenvalue weighted by molar-refractivity contribution is 5.94. The van der Waals surface area contributed by atoms with E-state index in [4.69, 9.17) is 5.10 Å². The van der Waals surface area contributed by atoms with Crippen molar-refractivity contribution >= 4 is 5.91 Å². The van der Waals surface area contributed by atoms with Crippen molar-refractivity contribution in [3.05, 3.63) is 71.4 Å². The van der Waals surface area contributed by atoms with Gasteiger partial charge in [-0.15, -0.1) is 0 Å². The van der Waals surface area contributed by atoms with Crippen LogP contribution < -0.4 is 0 Å². The number of nitrogens with zero attached hydrogens (tertiary/aromatic N) is 3. The van der Waals surface area contributed by atoms with Crippen molar-refractivity contribution in [1.82, 2.24) is 14.7 Å². The molecular weight excluding hydrogens is 326 g/mol. The molecule has 0 unspecified atom stereocenters. The fraction of sp³-hybridized carbons (Fsp3) is 0.238. The quantitative estimate of drug-likeness (QED) is 0.775. The number of carbonyl (C=O) groups excluding carboxylic acids is 1. The number of benzene rings is 2. The molecule has 1 aromatic heterocycles. The summed E-state index contributed by atoms with van der Waals surface area (Å²) < 4.78 is 1.94. The lowest BCUT2D eigenvalue weighted by Gasteiger charge is -2.20. The lowest BCUT2D eigenvalue weighted by atomic mass is 10.0. The molecular formula is C21H21N3O2. The number of fused-ring (bicyclic) bond motifs is 1. The van der Waals surface area contributed by atoms with Crippen molar-refractivity contribution in [2.75, 3.05) is 13.1 Å². The summed E-state index contributed by atoms with van der Waals surface area (Å²) in [5.41, 5.74) is 5.06. The Morgan fingerprint density at radius 1 is 1.04 bits per heavy atom. The maximum atomic E-state index is 12.8. The number of hydrogen-bond acceptors (Lipinski definition) is 3. The SMILES string of the molecule is Cn1nc(-c2ccccc2)c2c1CCN(C(=O)c1cccc(O)c1)CC2. The van der Waals surface area contributed by atoms with E-state index in [0.29, 0.717) is 18.7 Å². The van der Waals surface area contributed by atoms with Crippen molar-refractivity contribution in [2.24, 2.45) is 7.05 Å². The Bertz CT molecular complexity index is 947. The van der Waals surface area contributed by atoms with Gasteiger partial charge >= 0.3 is 0 Å². The molecule has 4 rings (SSSR count). The Balaban J connectivity index is 1.61. The number of hydrogen-bond donors (Lipinski definition) is 1. The van der Waals surface area contributed by atoms with Crippen molar-refractivity contribution in [1.29, 1.82) is 0 Å². The largest absolute Gasteiger partial charge is 0.508 e. The average Bonchev–Trinajstić information content (AvgIpc) is 2.83. The first-order chi connectivity index (χ1) is 12.6.